The standard InChI is InChI=1S/C17H22N2O2/c1-4-17(5-2,6-3)19-14-11-15(16(20)21)18-13-10-8-7-9-12(13)14/h7-11H,4-6H2,1-3H3,(H,18,19)(H,20,21). The van der Waals surface area contributed by atoms with Crippen molar-refractivity contribution in [2.45, 2.75) is 45.6 Å². The fourth-order valence-corrected chi connectivity index (χ4v) is 2.69. The Labute approximate surface area is 125 Å². The van der Waals surface area contributed by atoms with Crippen molar-refractivity contribution in [1.29, 1.82) is 0 Å². The molecule has 0 fully saturated rings. The molecule has 0 radical (unpaired) electrons. The van der Waals surface area contributed by atoms with Crippen LogP contribution in [0.15, 0.2) is 30.3 Å². The van der Waals surface area contributed by atoms with E-state index in [4.69, 9.17) is 0 Å². The molecule has 1 aromatic carbocycles. The van der Waals surface area contributed by atoms with Gasteiger partial charge in [0.25, 0.3) is 0 Å². The van der Waals surface area contributed by atoms with E-state index in [1.54, 1.807) is 6.07 Å². The molecule has 0 saturated carbocycles. The van der Waals surface area contributed by atoms with Gasteiger partial charge in [0.05, 0.1) is 5.52 Å². The minimum absolute atomic E-state index is 0.0140. The van der Waals surface area contributed by atoms with Crippen molar-refractivity contribution in [3.63, 3.8) is 0 Å². The molecule has 0 amide bonds. The Morgan fingerprint density at radius 3 is 2.38 bits per heavy atom. The van der Waals surface area contributed by atoms with Crippen LogP contribution in [0, 0.1) is 0 Å². The zero-order valence-electron chi connectivity index (χ0n) is 12.8. The maximum absolute atomic E-state index is 11.3. The molecule has 0 atom stereocenters. The maximum Gasteiger partial charge on any atom is 0.354 e. The molecule has 2 aromatic rings. The molecular weight excluding hydrogens is 264 g/mol. The second-order valence-electron chi connectivity index (χ2n) is 5.34. The van der Waals surface area contributed by atoms with Crippen LogP contribution < -0.4 is 5.32 Å². The fourth-order valence-electron chi connectivity index (χ4n) is 2.69. The fraction of sp³-hybridized carbons (Fsp3) is 0.412. The number of aromatic nitrogens is 1. The molecule has 0 aliphatic rings. The second-order valence-corrected chi connectivity index (χ2v) is 5.34. The number of carboxylic acid groups (broad SMARTS) is 1. The summed E-state index contributed by atoms with van der Waals surface area (Å²) in [6, 6.07) is 9.28. The molecule has 0 saturated heterocycles. The van der Waals surface area contributed by atoms with Gasteiger partial charge < -0.3 is 10.4 Å². The number of benzene rings is 1. The average Bonchev–Trinajstić information content (AvgIpc) is 2.52. The largest absolute Gasteiger partial charge is 0.477 e. The van der Waals surface area contributed by atoms with Crippen molar-refractivity contribution in [2.24, 2.45) is 0 Å². The molecule has 1 heterocycles. The monoisotopic (exact) mass is 286 g/mol. The molecule has 0 bridgehead atoms. The summed E-state index contributed by atoms with van der Waals surface area (Å²) in [6.07, 6.45) is 2.96. The average molecular weight is 286 g/mol. The quantitative estimate of drug-likeness (QED) is 0.830. The van der Waals surface area contributed by atoms with Crippen molar-refractivity contribution in [3.05, 3.63) is 36.0 Å². The van der Waals surface area contributed by atoms with Crippen LogP contribution in [0.25, 0.3) is 10.9 Å². The van der Waals surface area contributed by atoms with E-state index in [1.807, 2.05) is 24.3 Å². The lowest BCUT2D eigenvalue weighted by molar-refractivity contribution is 0.0691. The Bertz CT molecular complexity index is 640. The summed E-state index contributed by atoms with van der Waals surface area (Å²) in [5.74, 6) is -1.00. The summed E-state index contributed by atoms with van der Waals surface area (Å²) in [4.78, 5) is 15.5. The molecule has 21 heavy (non-hydrogen) atoms. The van der Waals surface area contributed by atoms with Gasteiger partial charge in [-0.2, -0.15) is 0 Å². The number of aromatic carboxylic acids is 1. The van der Waals surface area contributed by atoms with Gasteiger partial charge in [0.2, 0.25) is 0 Å². The number of pyridine rings is 1. The molecule has 0 spiro atoms. The predicted octanol–water partition coefficient (Wildman–Crippen LogP) is 4.31. The van der Waals surface area contributed by atoms with Crippen LogP contribution in [0.3, 0.4) is 0 Å². The summed E-state index contributed by atoms with van der Waals surface area (Å²) in [5, 5.41) is 13.8. The van der Waals surface area contributed by atoms with E-state index in [1.165, 1.54) is 0 Å². The molecular formula is C17H22N2O2. The highest BCUT2D eigenvalue weighted by Crippen LogP contribution is 2.30. The van der Waals surface area contributed by atoms with Crippen molar-refractivity contribution in [2.75, 3.05) is 5.32 Å². The lowest BCUT2D eigenvalue weighted by Gasteiger charge is -2.33. The predicted molar refractivity (Wildman–Crippen MR) is 85.9 cm³/mol. The molecule has 1 aromatic heterocycles. The number of hydrogen-bond acceptors (Lipinski definition) is 3. The molecule has 0 aliphatic carbocycles. The first-order chi connectivity index (χ1) is 10.0. The number of fused-ring (bicyclic) bond motifs is 1. The smallest absolute Gasteiger partial charge is 0.354 e. The summed E-state index contributed by atoms with van der Waals surface area (Å²) in [5.41, 5.74) is 1.62. The van der Waals surface area contributed by atoms with Crippen LogP contribution in [0.5, 0.6) is 0 Å². The van der Waals surface area contributed by atoms with Gasteiger partial charge in [0, 0.05) is 16.6 Å². The van der Waals surface area contributed by atoms with Gasteiger partial charge in [-0.1, -0.05) is 39.0 Å². The maximum atomic E-state index is 11.3. The van der Waals surface area contributed by atoms with Crippen LogP contribution in [0.4, 0.5) is 5.69 Å². The summed E-state index contributed by atoms with van der Waals surface area (Å²) in [6.45, 7) is 6.46. The molecule has 0 unspecified atom stereocenters. The first kappa shape index (κ1) is 15.3. The van der Waals surface area contributed by atoms with E-state index in [2.05, 4.69) is 31.1 Å². The van der Waals surface area contributed by atoms with Gasteiger partial charge in [-0.05, 0) is 31.4 Å². The molecule has 4 nitrogen and oxygen atoms in total. The minimum Gasteiger partial charge on any atom is -0.477 e. The van der Waals surface area contributed by atoms with Gasteiger partial charge in [-0.15, -0.1) is 0 Å². The van der Waals surface area contributed by atoms with Crippen molar-refractivity contribution < 1.29 is 9.90 Å². The number of nitrogens with one attached hydrogen (secondary N) is 1. The van der Waals surface area contributed by atoms with Gasteiger partial charge in [0.1, 0.15) is 0 Å². The number of nitrogens with zero attached hydrogens (tertiary/aromatic N) is 1. The number of rotatable bonds is 6. The zero-order valence-corrected chi connectivity index (χ0v) is 12.8. The SMILES string of the molecule is CCC(CC)(CC)Nc1cc(C(=O)O)nc2ccccc12. The number of carboxylic acids is 1. The third kappa shape index (κ3) is 2.99. The van der Waals surface area contributed by atoms with Gasteiger partial charge in [-0.25, -0.2) is 9.78 Å². The third-order valence-corrected chi connectivity index (χ3v) is 4.37. The third-order valence-electron chi connectivity index (χ3n) is 4.37. The van der Waals surface area contributed by atoms with Crippen LogP contribution in [0.2, 0.25) is 0 Å². The van der Waals surface area contributed by atoms with Crippen molar-refractivity contribution >= 4 is 22.6 Å². The lowest BCUT2D eigenvalue weighted by atomic mass is 9.89. The molecule has 112 valence electrons. The molecule has 0 aliphatic heterocycles. The summed E-state index contributed by atoms with van der Waals surface area (Å²) in [7, 11) is 0. The van der Waals surface area contributed by atoms with Crippen LogP contribution in [-0.2, 0) is 0 Å². The van der Waals surface area contributed by atoms with Gasteiger partial charge in [0.15, 0.2) is 5.69 Å². The zero-order chi connectivity index (χ0) is 15.5. The first-order valence-corrected chi connectivity index (χ1v) is 7.46. The van der Waals surface area contributed by atoms with Crippen LogP contribution in [0.1, 0.15) is 50.5 Å². The molecule has 2 N–H and O–H groups in total. The van der Waals surface area contributed by atoms with Crippen LogP contribution in [-0.4, -0.2) is 21.6 Å². The number of anilines is 1. The van der Waals surface area contributed by atoms with Crippen molar-refractivity contribution in [3.8, 4) is 0 Å². The first-order valence-electron chi connectivity index (χ1n) is 7.46. The summed E-state index contributed by atoms with van der Waals surface area (Å²) >= 11 is 0. The molecule has 4 heteroatoms. The number of hydrogen-bond donors (Lipinski definition) is 2. The van der Waals surface area contributed by atoms with E-state index >= 15 is 0 Å². The Kier molecular flexibility index (Phi) is 4.46. The van der Waals surface area contributed by atoms with Crippen LogP contribution >= 0.6 is 0 Å². The van der Waals surface area contributed by atoms with E-state index < -0.39 is 5.97 Å². The highest BCUT2D eigenvalue weighted by atomic mass is 16.4. The topological polar surface area (TPSA) is 62.2 Å². The van der Waals surface area contributed by atoms with Gasteiger partial charge >= 0.3 is 5.97 Å². The Morgan fingerprint density at radius 2 is 1.81 bits per heavy atom. The van der Waals surface area contributed by atoms with E-state index in [0.29, 0.717) is 5.52 Å². The Hall–Kier alpha value is -2.10. The van der Waals surface area contributed by atoms with Gasteiger partial charge in [-0.3, -0.25) is 0 Å². The van der Waals surface area contributed by atoms with E-state index in [-0.39, 0.29) is 11.2 Å². The number of para-hydroxylation sites is 1. The van der Waals surface area contributed by atoms with E-state index in [9.17, 15) is 9.90 Å². The normalized spacial score (nSPS) is 11.6. The summed E-state index contributed by atoms with van der Waals surface area (Å²) < 4.78 is 0. The van der Waals surface area contributed by atoms with Crippen molar-refractivity contribution in [1.82, 2.24) is 4.98 Å². The molecule has 2 rings (SSSR count). The highest BCUT2D eigenvalue weighted by molar-refractivity contribution is 5.97. The Balaban J connectivity index is 2.58. The lowest BCUT2D eigenvalue weighted by Crippen LogP contribution is -2.36. The van der Waals surface area contributed by atoms with E-state index in [0.717, 1.165) is 30.3 Å². The minimum atomic E-state index is -1.00. The highest BCUT2D eigenvalue weighted by Gasteiger charge is 2.24. The second kappa shape index (κ2) is 6.12. The number of carbonyl (C=O) groups is 1. The Morgan fingerprint density at radius 1 is 1.19 bits per heavy atom.